The zero-order valence-corrected chi connectivity index (χ0v) is 10.0. The lowest BCUT2D eigenvalue weighted by molar-refractivity contribution is 0.828. The number of guanidine groups is 1. The maximum atomic E-state index is 5.83. The van der Waals surface area contributed by atoms with Gasteiger partial charge in [-0.15, -0.1) is 0 Å². The van der Waals surface area contributed by atoms with Gasteiger partial charge in [0, 0.05) is 11.6 Å². The van der Waals surface area contributed by atoms with Gasteiger partial charge in [0.15, 0.2) is 5.96 Å². The Labute approximate surface area is 106 Å². The van der Waals surface area contributed by atoms with Crippen LogP contribution in [0.3, 0.4) is 0 Å². The summed E-state index contributed by atoms with van der Waals surface area (Å²) in [4.78, 5) is 4.38. The lowest BCUT2D eigenvalue weighted by Gasteiger charge is -2.16. The van der Waals surface area contributed by atoms with Crippen LogP contribution in [0.25, 0.3) is 0 Å². The molecule has 0 saturated carbocycles. The van der Waals surface area contributed by atoms with E-state index >= 15 is 0 Å². The monoisotopic (exact) mass is 237 g/mol. The Kier molecular flexibility index (Phi) is 2.73. The predicted octanol–water partition coefficient (Wildman–Crippen LogP) is 2.56. The first-order valence-corrected chi connectivity index (χ1v) is 6.05. The molecule has 0 fully saturated rings. The quantitative estimate of drug-likeness (QED) is 0.800. The minimum Gasteiger partial charge on any atom is -0.370 e. The molecule has 1 aliphatic rings. The maximum absolute atomic E-state index is 5.83. The van der Waals surface area contributed by atoms with Crippen LogP contribution in [0.1, 0.15) is 17.0 Å². The first kappa shape index (κ1) is 10.8. The van der Waals surface area contributed by atoms with Crippen LogP contribution < -0.4 is 11.1 Å². The van der Waals surface area contributed by atoms with Crippen molar-refractivity contribution in [1.82, 2.24) is 0 Å². The second kappa shape index (κ2) is 4.53. The van der Waals surface area contributed by atoms with Gasteiger partial charge in [0.05, 0.1) is 6.54 Å². The molecular formula is C15H15N3. The van der Waals surface area contributed by atoms with E-state index in [9.17, 15) is 0 Å². The van der Waals surface area contributed by atoms with Crippen molar-refractivity contribution in [3.63, 3.8) is 0 Å². The molecule has 1 atom stereocenters. The molecule has 1 heterocycles. The number of rotatable bonds is 1. The highest BCUT2D eigenvalue weighted by Gasteiger charge is 2.19. The fourth-order valence-corrected chi connectivity index (χ4v) is 2.35. The number of fused-ring (bicyclic) bond motifs is 1. The smallest absolute Gasteiger partial charge is 0.193 e. The number of anilines is 1. The third-order valence-electron chi connectivity index (χ3n) is 3.25. The number of nitrogens with zero attached hydrogens (tertiary/aromatic N) is 1. The SMILES string of the molecule is NC1=NCC(c2ccccc2)c2ccccc2N1. The number of hydrogen-bond acceptors (Lipinski definition) is 3. The van der Waals surface area contributed by atoms with Gasteiger partial charge in [0.2, 0.25) is 0 Å². The maximum Gasteiger partial charge on any atom is 0.193 e. The second-order valence-corrected chi connectivity index (χ2v) is 4.40. The van der Waals surface area contributed by atoms with Crippen LogP contribution in [0.5, 0.6) is 0 Å². The molecule has 2 aromatic rings. The number of hydrogen-bond donors (Lipinski definition) is 2. The molecule has 3 nitrogen and oxygen atoms in total. The van der Waals surface area contributed by atoms with Crippen LogP contribution in [-0.4, -0.2) is 12.5 Å². The highest BCUT2D eigenvalue weighted by molar-refractivity contribution is 5.94. The van der Waals surface area contributed by atoms with E-state index in [0.29, 0.717) is 12.5 Å². The molecular weight excluding hydrogens is 222 g/mol. The summed E-state index contributed by atoms with van der Waals surface area (Å²) < 4.78 is 0. The van der Waals surface area contributed by atoms with Gasteiger partial charge in [0.1, 0.15) is 0 Å². The van der Waals surface area contributed by atoms with E-state index in [4.69, 9.17) is 5.73 Å². The molecule has 0 spiro atoms. The van der Waals surface area contributed by atoms with Crippen LogP contribution in [-0.2, 0) is 0 Å². The highest BCUT2D eigenvalue weighted by Crippen LogP contribution is 2.32. The number of benzene rings is 2. The number of nitrogens with one attached hydrogen (secondary N) is 1. The molecule has 0 amide bonds. The van der Waals surface area contributed by atoms with Crippen molar-refractivity contribution in [1.29, 1.82) is 0 Å². The lowest BCUT2D eigenvalue weighted by atomic mass is 9.90. The van der Waals surface area contributed by atoms with Crippen LogP contribution in [0.15, 0.2) is 59.6 Å². The van der Waals surface area contributed by atoms with Crippen molar-refractivity contribution >= 4 is 11.6 Å². The Balaban J connectivity index is 2.10. The van der Waals surface area contributed by atoms with E-state index in [1.165, 1.54) is 11.1 Å². The van der Waals surface area contributed by atoms with Crippen molar-refractivity contribution in [3.05, 3.63) is 65.7 Å². The summed E-state index contributed by atoms with van der Waals surface area (Å²) in [6, 6.07) is 18.7. The Morgan fingerprint density at radius 1 is 1.00 bits per heavy atom. The average Bonchev–Trinajstić information content (AvgIpc) is 2.58. The number of para-hydroxylation sites is 1. The van der Waals surface area contributed by atoms with Gasteiger partial charge in [-0.05, 0) is 17.2 Å². The van der Waals surface area contributed by atoms with Gasteiger partial charge in [-0.2, -0.15) is 0 Å². The molecule has 3 heteroatoms. The average molecular weight is 237 g/mol. The van der Waals surface area contributed by atoms with Crippen molar-refractivity contribution in [2.24, 2.45) is 10.7 Å². The standard InChI is InChI=1S/C15H15N3/c16-15-17-10-13(11-6-2-1-3-7-11)12-8-4-5-9-14(12)18-15/h1-9,13H,10H2,(H3,16,17,18). The summed E-state index contributed by atoms with van der Waals surface area (Å²) >= 11 is 0. The Morgan fingerprint density at radius 2 is 1.72 bits per heavy atom. The minimum atomic E-state index is 0.260. The van der Waals surface area contributed by atoms with Gasteiger partial charge >= 0.3 is 0 Å². The molecule has 3 N–H and O–H groups in total. The van der Waals surface area contributed by atoms with Gasteiger partial charge in [-0.1, -0.05) is 48.5 Å². The summed E-state index contributed by atoms with van der Waals surface area (Å²) in [7, 11) is 0. The van der Waals surface area contributed by atoms with E-state index in [1.54, 1.807) is 0 Å². The number of nitrogens with two attached hydrogens (primary N) is 1. The summed E-state index contributed by atoms with van der Waals surface area (Å²) in [5.41, 5.74) is 9.39. The third-order valence-corrected chi connectivity index (χ3v) is 3.25. The van der Waals surface area contributed by atoms with Gasteiger partial charge in [0.25, 0.3) is 0 Å². The summed E-state index contributed by atoms with van der Waals surface area (Å²) in [6.45, 7) is 0.680. The Bertz CT molecular complexity index is 575. The largest absolute Gasteiger partial charge is 0.370 e. The molecule has 3 rings (SSSR count). The topological polar surface area (TPSA) is 50.4 Å². The van der Waals surface area contributed by atoms with Crippen molar-refractivity contribution < 1.29 is 0 Å². The second-order valence-electron chi connectivity index (χ2n) is 4.40. The van der Waals surface area contributed by atoms with Gasteiger partial charge in [-0.25, -0.2) is 0 Å². The normalized spacial score (nSPS) is 18.2. The summed E-state index contributed by atoms with van der Waals surface area (Å²) in [6.07, 6.45) is 0. The van der Waals surface area contributed by atoms with Crippen molar-refractivity contribution in [2.45, 2.75) is 5.92 Å². The predicted molar refractivity (Wildman–Crippen MR) is 74.8 cm³/mol. The fraction of sp³-hybridized carbons (Fsp3) is 0.133. The van der Waals surface area contributed by atoms with E-state index < -0.39 is 0 Å². The molecule has 0 aliphatic carbocycles. The van der Waals surface area contributed by atoms with Crippen LogP contribution in [0, 0.1) is 0 Å². The zero-order chi connectivity index (χ0) is 12.4. The molecule has 90 valence electrons. The lowest BCUT2D eigenvalue weighted by Crippen LogP contribution is -2.21. The number of aliphatic imine (C=N–C) groups is 1. The minimum absolute atomic E-state index is 0.260. The molecule has 1 unspecified atom stereocenters. The molecule has 0 aromatic heterocycles. The van der Waals surface area contributed by atoms with E-state index in [1.807, 2.05) is 18.2 Å². The fourth-order valence-electron chi connectivity index (χ4n) is 2.35. The summed E-state index contributed by atoms with van der Waals surface area (Å²) in [5.74, 6) is 0.747. The third kappa shape index (κ3) is 1.95. The molecule has 18 heavy (non-hydrogen) atoms. The molecule has 0 saturated heterocycles. The summed E-state index contributed by atoms with van der Waals surface area (Å²) in [5, 5.41) is 3.15. The molecule has 0 bridgehead atoms. The first-order chi connectivity index (χ1) is 8.84. The van der Waals surface area contributed by atoms with Crippen molar-refractivity contribution in [2.75, 3.05) is 11.9 Å². The van der Waals surface area contributed by atoms with Crippen LogP contribution in [0.4, 0.5) is 5.69 Å². The highest BCUT2D eigenvalue weighted by atomic mass is 15.1. The molecule has 0 radical (unpaired) electrons. The van der Waals surface area contributed by atoms with Gasteiger partial charge < -0.3 is 11.1 Å². The zero-order valence-electron chi connectivity index (χ0n) is 10.0. The first-order valence-electron chi connectivity index (χ1n) is 6.05. The van der Waals surface area contributed by atoms with Crippen molar-refractivity contribution in [3.8, 4) is 0 Å². The van der Waals surface area contributed by atoms with E-state index in [0.717, 1.165) is 5.69 Å². The molecule has 2 aromatic carbocycles. The van der Waals surface area contributed by atoms with E-state index in [2.05, 4.69) is 46.7 Å². The van der Waals surface area contributed by atoms with Gasteiger partial charge in [-0.3, -0.25) is 4.99 Å². The Morgan fingerprint density at radius 3 is 2.56 bits per heavy atom. The van der Waals surface area contributed by atoms with Crippen LogP contribution >= 0.6 is 0 Å². The molecule has 1 aliphatic heterocycles. The van der Waals surface area contributed by atoms with E-state index in [-0.39, 0.29) is 5.92 Å². The van der Waals surface area contributed by atoms with Crippen LogP contribution in [0.2, 0.25) is 0 Å². The Hall–Kier alpha value is -2.29.